The number of aliphatic carboxylic acids is 1. The second kappa shape index (κ2) is 13.9. The van der Waals surface area contributed by atoms with Gasteiger partial charge in [-0.1, -0.05) is 13.8 Å². The summed E-state index contributed by atoms with van der Waals surface area (Å²) >= 11 is 0. The fourth-order valence-corrected chi connectivity index (χ4v) is 2.45. The topological polar surface area (TPSA) is 197 Å². The summed E-state index contributed by atoms with van der Waals surface area (Å²) in [4.78, 5) is 47.7. The van der Waals surface area contributed by atoms with E-state index in [1.807, 2.05) is 13.8 Å². The number of nitrogens with two attached hydrogens (primary N) is 2. The van der Waals surface area contributed by atoms with Gasteiger partial charge >= 0.3 is 5.97 Å². The SMILES string of the molecule is CC(C)CC(NC(=O)CN)C(=O)NC(CCCCN)C(=O)NC(CO)C(=O)O. The third-order valence-corrected chi connectivity index (χ3v) is 3.92. The van der Waals surface area contributed by atoms with Gasteiger partial charge in [0.25, 0.3) is 0 Å². The minimum absolute atomic E-state index is 0.0871. The zero-order valence-electron chi connectivity index (χ0n) is 16.4. The van der Waals surface area contributed by atoms with Crippen molar-refractivity contribution in [3.63, 3.8) is 0 Å². The molecule has 3 unspecified atom stereocenters. The lowest BCUT2D eigenvalue weighted by Gasteiger charge is -2.25. The van der Waals surface area contributed by atoms with Gasteiger partial charge in [0.05, 0.1) is 13.2 Å². The molecule has 11 nitrogen and oxygen atoms in total. The maximum absolute atomic E-state index is 12.6. The van der Waals surface area contributed by atoms with Crippen LogP contribution in [0.5, 0.6) is 0 Å². The van der Waals surface area contributed by atoms with Gasteiger partial charge in [-0.2, -0.15) is 0 Å². The van der Waals surface area contributed by atoms with Crippen LogP contribution in [-0.4, -0.2) is 71.7 Å². The molecule has 0 aliphatic carbocycles. The zero-order chi connectivity index (χ0) is 21.7. The van der Waals surface area contributed by atoms with E-state index in [0.29, 0.717) is 25.8 Å². The molecule has 0 saturated heterocycles. The van der Waals surface area contributed by atoms with Crippen LogP contribution in [0.4, 0.5) is 0 Å². The maximum Gasteiger partial charge on any atom is 0.328 e. The molecule has 0 rings (SSSR count). The number of rotatable bonds is 14. The summed E-state index contributed by atoms with van der Waals surface area (Å²) in [7, 11) is 0. The number of carbonyl (C=O) groups excluding carboxylic acids is 3. The predicted octanol–water partition coefficient (Wildman–Crippen LogP) is -2.35. The Balaban J connectivity index is 5.24. The first-order valence-electron chi connectivity index (χ1n) is 9.30. The molecule has 162 valence electrons. The van der Waals surface area contributed by atoms with Crippen LogP contribution in [0.15, 0.2) is 0 Å². The van der Waals surface area contributed by atoms with E-state index in [0.717, 1.165) is 0 Å². The maximum atomic E-state index is 12.6. The largest absolute Gasteiger partial charge is 0.480 e. The first-order chi connectivity index (χ1) is 13.2. The highest BCUT2D eigenvalue weighted by Gasteiger charge is 2.29. The summed E-state index contributed by atoms with van der Waals surface area (Å²) in [6.07, 6.45) is 1.70. The van der Waals surface area contributed by atoms with Gasteiger partial charge in [-0.15, -0.1) is 0 Å². The van der Waals surface area contributed by atoms with Crippen LogP contribution >= 0.6 is 0 Å². The van der Waals surface area contributed by atoms with Crippen LogP contribution in [0.1, 0.15) is 39.5 Å². The zero-order valence-corrected chi connectivity index (χ0v) is 16.4. The smallest absolute Gasteiger partial charge is 0.328 e. The molecule has 0 aromatic heterocycles. The molecule has 9 N–H and O–H groups in total. The van der Waals surface area contributed by atoms with Gasteiger partial charge in [-0.3, -0.25) is 14.4 Å². The molecular weight excluding hydrogens is 370 g/mol. The molecule has 0 radical (unpaired) electrons. The van der Waals surface area contributed by atoms with E-state index in [1.54, 1.807) is 0 Å². The van der Waals surface area contributed by atoms with Crippen molar-refractivity contribution in [2.75, 3.05) is 19.7 Å². The highest BCUT2D eigenvalue weighted by atomic mass is 16.4. The number of aliphatic hydroxyl groups is 1. The molecule has 0 aromatic rings. The van der Waals surface area contributed by atoms with Crippen molar-refractivity contribution in [1.29, 1.82) is 0 Å². The Morgan fingerprint density at radius 2 is 1.46 bits per heavy atom. The average Bonchev–Trinajstić information content (AvgIpc) is 2.63. The monoisotopic (exact) mass is 403 g/mol. The second-order valence-electron chi connectivity index (χ2n) is 6.88. The van der Waals surface area contributed by atoms with Crippen molar-refractivity contribution in [3.8, 4) is 0 Å². The van der Waals surface area contributed by atoms with Gasteiger partial charge in [0.2, 0.25) is 17.7 Å². The number of carbonyl (C=O) groups is 4. The molecule has 11 heteroatoms. The third-order valence-electron chi connectivity index (χ3n) is 3.92. The molecule has 3 atom stereocenters. The molecule has 0 bridgehead atoms. The van der Waals surface area contributed by atoms with Gasteiger partial charge in [0.1, 0.15) is 18.1 Å². The summed E-state index contributed by atoms with van der Waals surface area (Å²) in [5, 5.41) is 25.3. The van der Waals surface area contributed by atoms with Gasteiger partial charge in [-0.05, 0) is 38.1 Å². The van der Waals surface area contributed by atoms with E-state index in [-0.39, 0.29) is 18.9 Å². The van der Waals surface area contributed by atoms with E-state index in [1.165, 1.54) is 0 Å². The molecule has 28 heavy (non-hydrogen) atoms. The number of amides is 3. The highest BCUT2D eigenvalue weighted by Crippen LogP contribution is 2.07. The summed E-state index contributed by atoms with van der Waals surface area (Å²) in [6, 6.07) is -3.39. The highest BCUT2D eigenvalue weighted by molar-refractivity contribution is 5.93. The molecular formula is C17H33N5O6. The summed E-state index contributed by atoms with van der Waals surface area (Å²) in [6.45, 7) is 3.09. The van der Waals surface area contributed by atoms with Gasteiger partial charge < -0.3 is 37.6 Å². The lowest BCUT2D eigenvalue weighted by atomic mass is 10.0. The minimum Gasteiger partial charge on any atom is -0.480 e. The third kappa shape index (κ3) is 10.2. The second-order valence-corrected chi connectivity index (χ2v) is 6.88. The molecule has 0 aliphatic heterocycles. The predicted molar refractivity (Wildman–Crippen MR) is 102 cm³/mol. The molecule has 0 aromatic carbocycles. The lowest BCUT2D eigenvalue weighted by Crippen LogP contribution is -2.56. The minimum atomic E-state index is -1.48. The Morgan fingerprint density at radius 3 is 1.93 bits per heavy atom. The van der Waals surface area contributed by atoms with Gasteiger partial charge in [0, 0.05) is 0 Å². The van der Waals surface area contributed by atoms with Crippen LogP contribution in [-0.2, 0) is 19.2 Å². The van der Waals surface area contributed by atoms with E-state index in [9.17, 15) is 19.2 Å². The van der Waals surface area contributed by atoms with Gasteiger partial charge in [0.15, 0.2) is 0 Å². The first-order valence-corrected chi connectivity index (χ1v) is 9.30. The Bertz CT molecular complexity index is 528. The fraction of sp³-hybridized carbons (Fsp3) is 0.765. The number of hydrogen-bond acceptors (Lipinski definition) is 7. The van der Waals surface area contributed by atoms with Crippen molar-refractivity contribution < 1.29 is 29.4 Å². The van der Waals surface area contributed by atoms with Crippen molar-refractivity contribution >= 4 is 23.7 Å². The van der Waals surface area contributed by atoms with Gasteiger partial charge in [-0.25, -0.2) is 4.79 Å². The van der Waals surface area contributed by atoms with Crippen LogP contribution in [0.3, 0.4) is 0 Å². The van der Waals surface area contributed by atoms with E-state index in [2.05, 4.69) is 16.0 Å². The number of hydrogen-bond donors (Lipinski definition) is 7. The van der Waals surface area contributed by atoms with Crippen molar-refractivity contribution in [3.05, 3.63) is 0 Å². The normalized spacial score (nSPS) is 14.1. The summed E-state index contributed by atoms with van der Waals surface area (Å²) < 4.78 is 0. The summed E-state index contributed by atoms with van der Waals surface area (Å²) in [5.74, 6) is -3.12. The number of nitrogens with one attached hydrogen (secondary N) is 3. The van der Waals surface area contributed by atoms with Crippen LogP contribution in [0, 0.1) is 5.92 Å². The number of carboxylic acid groups (broad SMARTS) is 1. The van der Waals surface area contributed by atoms with E-state index in [4.69, 9.17) is 21.7 Å². The van der Waals surface area contributed by atoms with Crippen LogP contribution < -0.4 is 27.4 Å². The number of aliphatic hydroxyl groups excluding tert-OH is 1. The Morgan fingerprint density at radius 1 is 0.893 bits per heavy atom. The molecule has 0 fully saturated rings. The van der Waals surface area contributed by atoms with E-state index < -0.39 is 48.4 Å². The Kier molecular flexibility index (Phi) is 12.7. The first kappa shape index (κ1) is 25.8. The average molecular weight is 403 g/mol. The Hall–Kier alpha value is -2.24. The summed E-state index contributed by atoms with van der Waals surface area (Å²) in [5.41, 5.74) is 10.7. The van der Waals surface area contributed by atoms with Crippen LogP contribution in [0.2, 0.25) is 0 Å². The molecule has 0 saturated carbocycles. The van der Waals surface area contributed by atoms with Crippen molar-refractivity contribution in [2.24, 2.45) is 17.4 Å². The Labute approximate surface area is 164 Å². The quantitative estimate of drug-likeness (QED) is 0.156. The standard InChI is InChI=1S/C17H33N5O6/c1-10(2)7-12(20-14(24)8-19)16(26)21-11(5-3-4-6-18)15(25)22-13(9-23)17(27)28/h10-13,23H,3-9,18-19H2,1-2H3,(H,20,24)(H,21,26)(H,22,25)(H,27,28). The molecule has 0 aliphatic rings. The molecule has 0 heterocycles. The fourth-order valence-electron chi connectivity index (χ4n) is 2.45. The van der Waals surface area contributed by atoms with Crippen LogP contribution in [0.25, 0.3) is 0 Å². The van der Waals surface area contributed by atoms with E-state index >= 15 is 0 Å². The molecule has 3 amide bonds. The number of unbranched alkanes of at least 4 members (excludes halogenated alkanes) is 1. The lowest BCUT2D eigenvalue weighted by molar-refractivity contribution is -0.143. The number of carboxylic acids is 1. The van der Waals surface area contributed by atoms with Crippen molar-refractivity contribution in [1.82, 2.24) is 16.0 Å². The molecule has 0 spiro atoms. The van der Waals surface area contributed by atoms with Crippen molar-refractivity contribution in [2.45, 2.75) is 57.7 Å².